The monoisotopic (exact) mass is 259 g/mol. The Morgan fingerprint density at radius 1 is 1.42 bits per heavy atom. The predicted octanol–water partition coefficient (Wildman–Crippen LogP) is 1.58. The lowest BCUT2D eigenvalue weighted by atomic mass is 10.1. The molecule has 5 heteroatoms. The molecule has 0 aliphatic heterocycles. The summed E-state index contributed by atoms with van der Waals surface area (Å²) in [5.74, 6) is 0.674. The van der Waals surface area contributed by atoms with Crippen LogP contribution in [-0.2, 0) is 6.42 Å². The molecular weight excluding hydrogens is 242 g/mol. The van der Waals surface area contributed by atoms with Gasteiger partial charge in [0, 0.05) is 18.4 Å². The van der Waals surface area contributed by atoms with Gasteiger partial charge in [0.05, 0.1) is 7.11 Å². The lowest BCUT2D eigenvalue weighted by Gasteiger charge is -2.08. The zero-order valence-corrected chi connectivity index (χ0v) is 10.8. The third-order valence-electron chi connectivity index (χ3n) is 2.82. The first-order valence-electron chi connectivity index (χ1n) is 6.04. The summed E-state index contributed by atoms with van der Waals surface area (Å²) < 4.78 is 5.26. The van der Waals surface area contributed by atoms with Crippen LogP contribution >= 0.6 is 0 Å². The quantitative estimate of drug-likeness (QED) is 0.762. The average molecular weight is 259 g/mol. The van der Waals surface area contributed by atoms with Gasteiger partial charge in [-0.1, -0.05) is 18.2 Å². The van der Waals surface area contributed by atoms with E-state index in [0.717, 1.165) is 11.3 Å². The molecule has 0 aliphatic rings. The largest absolute Gasteiger partial charge is 0.496 e. The summed E-state index contributed by atoms with van der Waals surface area (Å²) >= 11 is 0. The Hall–Kier alpha value is -2.43. The molecule has 1 aromatic carbocycles. The second-order valence-electron chi connectivity index (χ2n) is 4.16. The topological polar surface area (TPSA) is 80.1 Å². The molecule has 2 rings (SSSR count). The van der Waals surface area contributed by atoms with Crippen LogP contribution in [0.15, 0.2) is 36.5 Å². The van der Waals surface area contributed by atoms with Gasteiger partial charge in [-0.2, -0.15) is 0 Å². The second-order valence-corrected chi connectivity index (χ2v) is 4.16. The molecule has 100 valence electrons. The van der Waals surface area contributed by atoms with Gasteiger partial charge in [0.2, 0.25) is 0 Å². The summed E-state index contributed by atoms with van der Waals surface area (Å²) in [6, 6.07) is 9.37. The van der Waals surface area contributed by atoms with Crippen molar-refractivity contribution in [3.05, 3.63) is 47.8 Å². The van der Waals surface area contributed by atoms with Crippen LogP contribution in [0.25, 0.3) is 0 Å². The van der Waals surface area contributed by atoms with Crippen LogP contribution in [0.3, 0.4) is 0 Å². The number of para-hydroxylation sites is 1. The van der Waals surface area contributed by atoms with E-state index in [1.165, 1.54) is 0 Å². The van der Waals surface area contributed by atoms with Gasteiger partial charge >= 0.3 is 0 Å². The number of carbonyl (C=O) groups excluding carboxylic acids is 1. The highest BCUT2D eigenvalue weighted by Crippen LogP contribution is 2.17. The third kappa shape index (κ3) is 3.28. The summed E-state index contributed by atoms with van der Waals surface area (Å²) in [6.45, 7) is 0.540. The lowest BCUT2D eigenvalue weighted by molar-refractivity contribution is 0.0949. The van der Waals surface area contributed by atoms with Crippen molar-refractivity contribution < 1.29 is 9.53 Å². The van der Waals surface area contributed by atoms with E-state index in [1.54, 1.807) is 19.4 Å². The molecule has 1 amide bonds. The first-order valence-corrected chi connectivity index (χ1v) is 6.04. The number of hydrogen-bond donors (Lipinski definition) is 3. The van der Waals surface area contributed by atoms with Crippen LogP contribution in [0, 0.1) is 0 Å². The number of aromatic amines is 1. The maximum atomic E-state index is 11.8. The summed E-state index contributed by atoms with van der Waals surface area (Å²) in [5.41, 5.74) is 7.63. The fraction of sp³-hybridized carbons (Fsp3) is 0.214. The number of nitrogen functional groups attached to an aromatic ring is 1. The maximum absolute atomic E-state index is 11.8. The third-order valence-corrected chi connectivity index (χ3v) is 2.82. The van der Waals surface area contributed by atoms with E-state index in [4.69, 9.17) is 10.5 Å². The van der Waals surface area contributed by atoms with E-state index in [1.807, 2.05) is 24.3 Å². The highest BCUT2D eigenvalue weighted by atomic mass is 16.5. The lowest BCUT2D eigenvalue weighted by Crippen LogP contribution is -2.26. The number of H-pyrrole nitrogens is 1. The number of rotatable bonds is 5. The molecule has 0 saturated carbocycles. The zero-order valence-electron chi connectivity index (χ0n) is 10.8. The standard InChI is InChI=1S/C14H17N3O2/c1-19-13-5-3-2-4-10(13)6-7-16-14(18)12-8-11(15)9-17-12/h2-5,8-9,17H,6-7,15H2,1H3,(H,16,18). The predicted molar refractivity (Wildman–Crippen MR) is 74.2 cm³/mol. The number of benzene rings is 1. The minimum Gasteiger partial charge on any atom is -0.496 e. The summed E-state index contributed by atoms with van der Waals surface area (Å²) in [5, 5.41) is 2.83. The van der Waals surface area contributed by atoms with Crippen LogP contribution < -0.4 is 15.8 Å². The number of hydrogen-bond acceptors (Lipinski definition) is 3. The van der Waals surface area contributed by atoms with Crippen molar-refractivity contribution in [2.24, 2.45) is 0 Å². The fourth-order valence-corrected chi connectivity index (χ4v) is 1.86. The molecule has 0 aliphatic carbocycles. The van der Waals surface area contributed by atoms with Gasteiger partial charge in [-0.05, 0) is 24.1 Å². The number of carbonyl (C=O) groups is 1. The Balaban J connectivity index is 1.88. The first kappa shape index (κ1) is 13.0. The highest BCUT2D eigenvalue weighted by Gasteiger charge is 2.07. The number of aromatic nitrogens is 1. The van der Waals surface area contributed by atoms with Gasteiger partial charge in [0.1, 0.15) is 11.4 Å². The number of anilines is 1. The Labute approximate surface area is 111 Å². The molecule has 2 aromatic rings. The van der Waals surface area contributed by atoms with Crippen LogP contribution in [0.5, 0.6) is 5.75 Å². The van der Waals surface area contributed by atoms with Gasteiger partial charge in [-0.3, -0.25) is 4.79 Å². The van der Waals surface area contributed by atoms with Crippen molar-refractivity contribution >= 4 is 11.6 Å². The number of ether oxygens (including phenoxy) is 1. The molecule has 0 spiro atoms. The van der Waals surface area contributed by atoms with Crippen LogP contribution in [-0.4, -0.2) is 24.5 Å². The van der Waals surface area contributed by atoms with Gasteiger partial charge in [-0.25, -0.2) is 0 Å². The SMILES string of the molecule is COc1ccccc1CCNC(=O)c1cc(N)c[nH]1. The number of nitrogens with one attached hydrogen (secondary N) is 2. The van der Waals surface area contributed by atoms with Gasteiger partial charge < -0.3 is 20.8 Å². The van der Waals surface area contributed by atoms with Crippen molar-refractivity contribution in [3.8, 4) is 5.75 Å². The second kappa shape index (κ2) is 5.95. The van der Waals surface area contributed by atoms with E-state index < -0.39 is 0 Å². The van der Waals surface area contributed by atoms with Crippen molar-refractivity contribution in [1.82, 2.24) is 10.3 Å². The highest BCUT2D eigenvalue weighted by molar-refractivity contribution is 5.93. The molecule has 1 heterocycles. The molecule has 0 bridgehead atoms. The van der Waals surface area contributed by atoms with Crippen molar-refractivity contribution in [2.75, 3.05) is 19.4 Å². The fourth-order valence-electron chi connectivity index (χ4n) is 1.86. The van der Waals surface area contributed by atoms with E-state index >= 15 is 0 Å². The minimum absolute atomic E-state index is 0.161. The molecule has 0 unspecified atom stereocenters. The Bertz CT molecular complexity index is 563. The Morgan fingerprint density at radius 2 is 2.21 bits per heavy atom. The molecule has 1 aromatic heterocycles. The number of nitrogens with two attached hydrogens (primary N) is 1. The van der Waals surface area contributed by atoms with Gasteiger partial charge in [0.15, 0.2) is 0 Å². The van der Waals surface area contributed by atoms with Crippen LogP contribution in [0.1, 0.15) is 16.1 Å². The average Bonchev–Trinajstić information content (AvgIpc) is 2.86. The first-order chi connectivity index (χ1) is 9.20. The van der Waals surface area contributed by atoms with Gasteiger partial charge in [-0.15, -0.1) is 0 Å². The summed E-state index contributed by atoms with van der Waals surface area (Å²) in [7, 11) is 1.64. The maximum Gasteiger partial charge on any atom is 0.267 e. The number of methoxy groups -OCH3 is 1. The Morgan fingerprint density at radius 3 is 2.89 bits per heavy atom. The smallest absolute Gasteiger partial charge is 0.267 e. The molecular formula is C14H17N3O2. The summed E-state index contributed by atoms with van der Waals surface area (Å²) in [6.07, 6.45) is 2.31. The van der Waals surface area contributed by atoms with E-state index in [-0.39, 0.29) is 5.91 Å². The molecule has 4 N–H and O–H groups in total. The van der Waals surface area contributed by atoms with E-state index in [2.05, 4.69) is 10.3 Å². The molecule has 19 heavy (non-hydrogen) atoms. The van der Waals surface area contributed by atoms with E-state index in [0.29, 0.717) is 24.3 Å². The number of amides is 1. The van der Waals surface area contributed by atoms with Crippen molar-refractivity contribution in [2.45, 2.75) is 6.42 Å². The molecule has 0 radical (unpaired) electrons. The minimum atomic E-state index is -0.161. The van der Waals surface area contributed by atoms with Crippen molar-refractivity contribution in [3.63, 3.8) is 0 Å². The van der Waals surface area contributed by atoms with Crippen LogP contribution in [0.2, 0.25) is 0 Å². The zero-order chi connectivity index (χ0) is 13.7. The Kier molecular flexibility index (Phi) is 4.07. The van der Waals surface area contributed by atoms with Crippen LogP contribution in [0.4, 0.5) is 5.69 Å². The molecule has 0 atom stereocenters. The summed E-state index contributed by atoms with van der Waals surface area (Å²) in [4.78, 5) is 14.6. The molecule has 0 fully saturated rings. The van der Waals surface area contributed by atoms with Gasteiger partial charge in [0.25, 0.3) is 5.91 Å². The molecule has 5 nitrogen and oxygen atoms in total. The van der Waals surface area contributed by atoms with E-state index in [9.17, 15) is 4.79 Å². The van der Waals surface area contributed by atoms with Crippen molar-refractivity contribution in [1.29, 1.82) is 0 Å². The molecule has 0 saturated heterocycles. The normalized spacial score (nSPS) is 10.2.